The first-order valence-corrected chi connectivity index (χ1v) is 7.24. The molecule has 2 rings (SSSR count). The van der Waals surface area contributed by atoms with Crippen molar-refractivity contribution in [3.8, 4) is 11.4 Å². The minimum absolute atomic E-state index is 0.000129. The molecule has 0 saturated heterocycles. The van der Waals surface area contributed by atoms with Gasteiger partial charge in [-0.1, -0.05) is 19.0 Å². The number of halogens is 2. The van der Waals surface area contributed by atoms with Gasteiger partial charge in [-0.3, -0.25) is 0 Å². The summed E-state index contributed by atoms with van der Waals surface area (Å²) < 4.78 is 18.9. The van der Waals surface area contributed by atoms with E-state index in [4.69, 9.17) is 10.3 Å². The molecule has 6 heteroatoms. The van der Waals surface area contributed by atoms with Crippen molar-refractivity contribution in [1.82, 2.24) is 10.1 Å². The average Bonchev–Trinajstić information content (AvgIpc) is 2.81. The third kappa shape index (κ3) is 3.07. The smallest absolute Gasteiger partial charge is 0.231 e. The molecule has 0 fully saturated rings. The second-order valence-corrected chi connectivity index (χ2v) is 6.07. The zero-order chi connectivity index (χ0) is 14.9. The molecule has 1 aromatic heterocycles. The molecule has 0 amide bonds. The zero-order valence-electron chi connectivity index (χ0n) is 11.6. The van der Waals surface area contributed by atoms with Crippen LogP contribution >= 0.6 is 15.9 Å². The molecule has 2 atom stereocenters. The van der Waals surface area contributed by atoms with Crippen molar-refractivity contribution in [2.24, 2.45) is 11.7 Å². The maximum atomic E-state index is 13.2. The van der Waals surface area contributed by atoms with Gasteiger partial charge in [0.25, 0.3) is 0 Å². The summed E-state index contributed by atoms with van der Waals surface area (Å²) in [5.74, 6) is 0.925. The summed E-state index contributed by atoms with van der Waals surface area (Å²) in [6, 6.07) is 4.52. The van der Waals surface area contributed by atoms with Crippen molar-refractivity contribution in [2.75, 3.05) is 0 Å². The van der Waals surface area contributed by atoms with Crippen LogP contribution in [0, 0.1) is 11.7 Å². The second-order valence-electron chi connectivity index (χ2n) is 5.21. The van der Waals surface area contributed by atoms with Crippen molar-refractivity contribution < 1.29 is 8.91 Å². The van der Waals surface area contributed by atoms with Gasteiger partial charge in [0, 0.05) is 11.6 Å². The van der Waals surface area contributed by atoms with Crippen molar-refractivity contribution in [3.05, 3.63) is 34.4 Å². The van der Waals surface area contributed by atoms with E-state index in [1.807, 2.05) is 6.92 Å². The Morgan fingerprint density at radius 1 is 1.30 bits per heavy atom. The number of rotatable bonds is 4. The molecule has 2 N–H and O–H groups in total. The molecule has 4 nitrogen and oxygen atoms in total. The highest BCUT2D eigenvalue weighted by Crippen LogP contribution is 2.29. The molecule has 1 aromatic carbocycles. The Kier molecular flexibility index (Phi) is 4.55. The maximum absolute atomic E-state index is 13.2. The van der Waals surface area contributed by atoms with E-state index in [0.717, 1.165) is 0 Å². The van der Waals surface area contributed by atoms with E-state index in [-0.39, 0.29) is 17.8 Å². The lowest BCUT2D eigenvalue weighted by molar-refractivity contribution is 0.300. The monoisotopic (exact) mass is 341 g/mol. The van der Waals surface area contributed by atoms with Crippen LogP contribution in [0.1, 0.15) is 32.6 Å². The molecule has 0 bridgehead atoms. The van der Waals surface area contributed by atoms with Crippen LogP contribution in [0.15, 0.2) is 27.2 Å². The van der Waals surface area contributed by atoms with Gasteiger partial charge in [-0.05, 0) is 47.0 Å². The molecule has 2 aromatic rings. The number of benzene rings is 1. The van der Waals surface area contributed by atoms with Crippen LogP contribution < -0.4 is 5.73 Å². The van der Waals surface area contributed by atoms with Gasteiger partial charge in [0.15, 0.2) is 0 Å². The second kappa shape index (κ2) is 6.01. The first kappa shape index (κ1) is 15.1. The largest absolute Gasteiger partial charge is 0.339 e. The van der Waals surface area contributed by atoms with Crippen LogP contribution in [0.2, 0.25) is 0 Å². The highest BCUT2D eigenvalue weighted by atomic mass is 79.9. The van der Waals surface area contributed by atoms with Crippen LogP contribution in [0.5, 0.6) is 0 Å². The fourth-order valence-electron chi connectivity index (χ4n) is 2.24. The van der Waals surface area contributed by atoms with E-state index in [1.165, 1.54) is 6.07 Å². The molecule has 108 valence electrons. The normalized spacial score (nSPS) is 14.6. The number of nitrogens with two attached hydrogens (primary N) is 1. The van der Waals surface area contributed by atoms with Crippen LogP contribution in [0.3, 0.4) is 0 Å². The quantitative estimate of drug-likeness (QED) is 0.920. The van der Waals surface area contributed by atoms with Crippen LogP contribution in [-0.2, 0) is 0 Å². The fraction of sp³-hybridized carbons (Fsp3) is 0.429. The highest BCUT2D eigenvalue weighted by molar-refractivity contribution is 9.10. The third-order valence-corrected chi connectivity index (χ3v) is 3.80. The van der Waals surface area contributed by atoms with E-state index in [1.54, 1.807) is 12.1 Å². The topological polar surface area (TPSA) is 64.9 Å². The molecule has 0 radical (unpaired) electrons. The Hall–Kier alpha value is -1.27. The Morgan fingerprint density at radius 3 is 2.55 bits per heavy atom. The lowest BCUT2D eigenvalue weighted by atomic mass is 9.90. The zero-order valence-corrected chi connectivity index (χ0v) is 13.2. The number of hydrogen-bond donors (Lipinski definition) is 1. The summed E-state index contributed by atoms with van der Waals surface area (Å²) in [7, 11) is 0. The molecule has 0 aliphatic rings. The van der Waals surface area contributed by atoms with Gasteiger partial charge < -0.3 is 10.3 Å². The summed E-state index contributed by atoms with van der Waals surface area (Å²) in [5, 5.41) is 3.96. The van der Waals surface area contributed by atoms with E-state index in [9.17, 15) is 4.39 Å². The van der Waals surface area contributed by atoms with E-state index in [0.29, 0.717) is 27.7 Å². The molecule has 2 unspecified atom stereocenters. The molecular weight excluding hydrogens is 325 g/mol. The average molecular weight is 342 g/mol. The third-order valence-electron chi connectivity index (χ3n) is 3.19. The summed E-state index contributed by atoms with van der Waals surface area (Å²) in [6.45, 7) is 6.04. The Morgan fingerprint density at radius 2 is 2.00 bits per heavy atom. The standard InChI is InChI=1S/C14H17BrFN3O/c1-7(2)12(8(3)17)14-18-13(19-20-14)9-4-5-11(16)10(15)6-9/h4-8,12H,17H2,1-3H3. The van der Waals surface area contributed by atoms with Crippen LogP contribution in [0.4, 0.5) is 4.39 Å². The first-order chi connectivity index (χ1) is 9.40. The van der Waals surface area contributed by atoms with Crippen molar-refractivity contribution in [2.45, 2.75) is 32.7 Å². The Bertz CT molecular complexity index is 590. The molecule has 0 aliphatic carbocycles. The van der Waals surface area contributed by atoms with Gasteiger partial charge in [0.2, 0.25) is 11.7 Å². The van der Waals surface area contributed by atoms with Gasteiger partial charge in [0.1, 0.15) is 5.82 Å². The molecule has 0 spiro atoms. The van der Waals surface area contributed by atoms with Crippen molar-refractivity contribution in [1.29, 1.82) is 0 Å². The van der Waals surface area contributed by atoms with Crippen molar-refractivity contribution >= 4 is 15.9 Å². The maximum Gasteiger partial charge on any atom is 0.231 e. The van der Waals surface area contributed by atoms with Gasteiger partial charge in [-0.15, -0.1) is 0 Å². The number of aromatic nitrogens is 2. The lowest BCUT2D eigenvalue weighted by Gasteiger charge is -2.20. The minimum atomic E-state index is -0.326. The summed E-state index contributed by atoms with van der Waals surface area (Å²) in [4.78, 5) is 4.39. The first-order valence-electron chi connectivity index (χ1n) is 6.44. The van der Waals surface area contributed by atoms with E-state index in [2.05, 4.69) is 39.9 Å². The van der Waals surface area contributed by atoms with E-state index >= 15 is 0 Å². The van der Waals surface area contributed by atoms with Gasteiger partial charge in [-0.25, -0.2) is 4.39 Å². The number of nitrogens with zero attached hydrogens (tertiary/aromatic N) is 2. The van der Waals surface area contributed by atoms with Gasteiger partial charge in [-0.2, -0.15) is 4.98 Å². The Balaban J connectivity index is 2.34. The van der Waals surface area contributed by atoms with Gasteiger partial charge in [0.05, 0.1) is 10.4 Å². The van der Waals surface area contributed by atoms with Gasteiger partial charge >= 0.3 is 0 Å². The van der Waals surface area contributed by atoms with Crippen LogP contribution in [-0.4, -0.2) is 16.2 Å². The van der Waals surface area contributed by atoms with Crippen LogP contribution in [0.25, 0.3) is 11.4 Å². The molecule has 0 aliphatic heterocycles. The molecule has 0 saturated carbocycles. The molecular formula is C14H17BrFN3O. The molecule has 1 heterocycles. The summed E-state index contributed by atoms with van der Waals surface area (Å²) in [5.41, 5.74) is 6.67. The Labute approximate surface area is 125 Å². The SMILES string of the molecule is CC(C)C(c1nc(-c2ccc(F)c(Br)c2)no1)C(C)N. The number of hydrogen-bond acceptors (Lipinski definition) is 4. The fourth-order valence-corrected chi connectivity index (χ4v) is 2.62. The van der Waals surface area contributed by atoms with E-state index < -0.39 is 0 Å². The predicted octanol–water partition coefficient (Wildman–Crippen LogP) is 3.73. The summed E-state index contributed by atoms with van der Waals surface area (Å²) >= 11 is 3.14. The predicted molar refractivity (Wildman–Crippen MR) is 78.6 cm³/mol. The minimum Gasteiger partial charge on any atom is -0.339 e. The van der Waals surface area contributed by atoms with Crippen molar-refractivity contribution in [3.63, 3.8) is 0 Å². The summed E-state index contributed by atoms with van der Waals surface area (Å²) in [6.07, 6.45) is 0. The highest BCUT2D eigenvalue weighted by Gasteiger charge is 2.26. The molecule has 20 heavy (non-hydrogen) atoms. The lowest BCUT2D eigenvalue weighted by Crippen LogP contribution is -2.28.